The first-order valence-corrected chi connectivity index (χ1v) is 4.60. The quantitative estimate of drug-likeness (QED) is 0.661. The van der Waals surface area contributed by atoms with Crippen molar-refractivity contribution in [1.29, 1.82) is 0 Å². The maximum atomic E-state index is 5.67. The summed E-state index contributed by atoms with van der Waals surface area (Å²) in [6.07, 6.45) is 0.476. The third-order valence-electron chi connectivity index (χ3n) is 2.23. The summed E-state index contributed by atoms with van der Waals surface area (Å²) in [5, 5.41) is 0. The highest BCUT2D eigenvalue weighted by Gasteiger charge is 2.30. The van der Waals surface area contributed by atoms with Crippen LogP contribution in [0.4, 0.5) is 0 Å². The number of benzene rings is 1. The second-order valence-corrected chi connectivity index (χ2v) is 3.51. The van der Waals surface area contributed by atoms with E-state index < -0.39 is 0 Å². The molecule has 0 radical (unpaired) electrons. The molecule has 2 nitrogen and oxygen atoms in total. The van der Waals surface area contributed by atoms with E-state index in [2.05, 4.69) is 19.1 Å². The lowest BCUT2D eigenvalue weighted by atomic mass is 10.2. The van der Waals surface area contributed by atoms with Crippen molar-refractivity contribution in [2.45, 2.75) is 26.1 Å². The molecule has 1 fully saturated rings. The van der Waals surface area contributed by atoms with Gasteiger partial charge < -0.3 is 9.47 Å². The van der Waals surface area contributed by atoms with Gasteiger partial charge in [0.1, 0.15) is 18.0 Å². The van der Waals surface area contributed by atoms with Gasteiger partial charge in [-0.15, -0.1) is 0 Å². The van der Waals surface area contributed by atoms with Crippen molar-refractivity contribution < 1.29 is 9.47 Å². The molecule has 2 rings (SSSR count). The Bertz CT molecular complexity index is 275. The van der Waals surface area contributed by atoms with E-state index in [-0.39, 0.29) is 6.10 Å². The van der Waals surface area contributed by atoms with Crippen molar-refractivity contribution in [2.24, 2.45) is 0 Å². The Labute approximate surface area is 78.5 Å². The van der Waals surface area contributed by atoms with Crippen LogP contribution in [0.1, 0.15) is 12.5 Å². The van der Waals surface area contributed by atoms with Gasteiger partial charge in [-0.25, -0.2) is 0 Å². The third kappa shape index (κ3) is 2.22. The maximum Gasteiger partial charge on any atom is 0.124 e. The maximum absolute atomic E-state index is 5.67. The molecule has 2 atom stereocenters. The third-order valence-corrected chi connectivity index (χ3v) is 2.23. The standard InChI is InChI=1S/C11H14O2/c1-8-3-5-10(6-4-8)13-9(2)11-7-12-11/h3-6,9,11H,7H2,1-2H3. The molecule has 0 bridgehead atoms. The van der Waals surface area contributed by atoms with Gasteiger partial charge in [0.2, 0.25) is 0 Å². The van der Waals surface area contributed by atoms with Crippen molar-refractivity contribution >= 4 is 0 Å². The normalized spacial score (nSPS) is 22.5. The summed E-state index contributed by atoms with van der Waals surface area (Å²) in [7, 11) is 0. The second kappa shape index (κ2) is 3.38. The Balaban J connectivity index is 1.96. The summed E-state index contributed by atoms with van der Waals surface area (Å²) in [5.41, 5.74) is 1.25. The second-order valence-electron chi connectivity index (χ2n) is 3.51. The predicted octanol–water partition coefficient (Wildman–Crippen LogP) is 2.16. The highest BCUT2D eigenvalue weighted by Crippen LogP contribution is 2.20. The van der Waals surface area contributed by atoms with Crippen molar-refractivity contribution in [3.8, 4) is 5.75 Å². The molecule has 0 amide bonds. The van der Waals surface area contributed by atoms with Gasteiger partial charge in [0.05, 0.1) is 6.61 Å². The van der Waals surface area contributed by atoms with E-state index in [1.54, 1.807) is 0 Å². The van der Waals surface area contributed by atoms with Crippen LogP contribution in [0.3, 0.4) is 0 Å². The lowest BCUT2D eigenvalue weighted by Gasteiger charge is -2.11. The molecule has 2 unspecified atom stereocenters. The molecule has 0 N–H and O–H groups in total. The summed E-state index contributed by atoms with van der Waals surface area (Å²) < 4.78 is 10.8. The Morgan fingerprint density at radius 3 is 2.54 bits per heavy atom. The summed E-state index contributed by atoms with van der Waals surface area (Å²) in [6, 6.07) is 8.09. The molecule has 1 aliphatic heterocycles. The number of ether oxygens (including phenoxy) is 2. The topological polar surface area (TPSA) is 21.8 Å². The van der Waals surface area contributed by atoms with Gasteiger partial charge in [-0.1, -0.05) is 17.7 Å². The predicted molar refractivity (Wildman–Crippen MR) is 51.0 cm³/mol. The smallest absolute Gasteiger partial charge is 0.124 e. The first kappa shape index (κ1) is 8.57. The average Bonchev–Trinajstić information content (AvgIpc) is 2.91. The molecule has 1 aromatic rings. The van der Waals surface area contributed by atoms with E-state index in [1.807, 2.05) is 19.1 Å². The van der Waals surface area contributed by atoms with Crippen LogP contribution in [-0.2, 0) is 4.74 Å². The Morgan fingerprint density at radius 1 is 1.38 bits per heavy atom. The fraction of sp³-hybridized carbons (Fsp3) is 0.455. The van der Waals surface area contributed by atoms with Crippen LogP contribution in [0.5, 0.6) is 5.75 Å². The highest BCUT2D eigenvalue weighted by molar-refractivity contribution is 5.26. The summed E-state index contributed by atoms with van der Waals surface area (Å²) in [6.45, 7) is 4.95. The van der Waals surface area contributed by atoms with Crippen molar-refractivity contribution in [2.75, 3.05) is 6.61 Å². The highest BCUT2D eigenvalue weighted by atomic mass is 16.6. The van der Waals surface area contributed by atoms with Crippen molar-refractivity contribution in [1.82, 2.24) is 0 Å². The van der Waals surface area contributed by atoms with Gasteiger partial charge >= 0.3 is 0 Å². The monoisotopic (exact) mass is 178 g/mol. The molecule has 1 saturated heterocycles. The molecule has 0 spiro atoms. The summed E-state index contributed by atoms with van der Waals surface area (Å²) >= 11 is 0. The Kier molecular flexibility index (Phi) is 2.23. The van der Waals surface area contributed by atoms with E-state index >= 15 is 0 Å². The van der Waals surface area contributed by atoms with E-state index in [1.165, 1.54) is 5.56 Å². The van der Waals surface area contributed by atoms with E-state index in [4.69, 9.17) is 9.47 Å². The number of hydrogen-bond acceptors (Lipinski definition) is 2. The molecule has 0 aliphatic carbocycles. The van der Waals surface area contributed by atoms with Crippen LogP contribution < -0.4 is 4.74 Å². The van der Waals surface area contributed by atoms with E-state index in [0.717, 1.165) is 12.4 Å². The molecular weight excluding hydrogens is 164 g/mol. The van der Waals surface area contributed by atoms with E-state index in [0.29, 0.717) is 6.10 Å². The van der Waals surface area contributed by atoms with Crippen molar-refractivity contribution in [3.05, 3.63) is 29.8 Å². The molecule has 13 heavy (non-hydrogen) atoms. The summed E-state index contributed by atoms with van der Waals surface area (Å²) in [4.78, 5) is 0. The Hall–Kier alpha value is -1.02. The van der Waals surface area contributed by atoms with Crippen LogP contribution >= 0.6 is 0 Å². The zero-order valence-corrected chi connectivity index (χ0v) is 7.99. The van der Waals surface area contributed by atoms with Crippen molar-refractivity contribution in [3.63, 3.8) is 0 Å². The first-order chi connectivity index (χ1) is 6.25. The van der Waals surface area contributed by atoms with E-state index in [9.17, 15) is 0 Å². The van der Waals surface area contributed by atoms with Crippen LogP contribution in [0.25, 0.3) is 0 Å². The zero-order chi connectivity index (χ0) is 9.26. The van der Waals surface area contributed by atoms with Crippen LogP contribution in [0.2, 0.25) is 0 Å². The average molecular weight is 178 g/mol. The van der Waals surface area contributed by atoms with Gasteiger partial charge in [-0.2, -0.15) is 0 Å². The minimum absolute atomic E-state index is 0.169. The molecule has 0 saturated carbocycles. The van der Waals surface area contributed by atoms with Gasteiger partial charge in [-0.3, -0.25) is 0 Å². The molecule has 70 valence electrons. The molecular formula is C11H14O2. The number of rotatable bonds is 3. The molecule has 1 aromatic carbocycles. The zero-order valence-electron chi connectivity index (χ0n) is 7.99. The minimum atomic E-state index is 0.169. The van der Waals surface area contributed by atoms with Gasteiger partial charge in [0, 0.05) is 0 Å². The Morgan fingerprint density at radius 2 is 2.00 bits per heavy atom. The first-order valence-electron chi connectivity index (χ1n) is 4.60. The number of aryl methyl sites for hydroxylation is 1. The fourth-order valence-corrected chi connectivity index (χ4v) is 1.23. The minimum Gasteiger partial charge on any atom is -0.488 e. The van der Waals surface area contributed by atoms with Gasteiger partial charge in [0.15, 0.2) is 0 Å². The lowest BCUT2D eigenvalue weighted by Crippen LogP contribution is -2.18. The van der Waals surface area contributed by atoms with Gasteiger partial charge in [0.25, 0.3) is 0 Å². The molecule has 1 aliphatic rings. The summed E-state index contributed by atoms with van der Waals surface area (Å²) in [5.74, 6) is 0.925. The largest absolute Gasteiger partial charge is 0.488 e. The molecule has 1 heterocycles. The van der Waals surface area contributed by atoms with Crippen LogP contribution in [-0.4, -0.2) is 18.8 Å². The van der Waals surface area contributed by atoms with Gasteiger partial charge in [-0.05, 0) is 26.0 Å². The lowest BCUT2D eigenvalue weighted by molar-refractivity contribution is 0.176. The SMILES string of the molecule is Cc1ccc(OC(C)C2CO2)cc1. The molecule has 0 aromatic heterocycles. The molecule has 2 heteroatoms. The van der Waals surface area contributed by atoms with Crippen LogP contribution in [0.15, 0.2) is 24.3 Å². The fourth-order valence-electron chi connectivity index (χ4n) is 1.23. The number of hydrogen-bond donors (Lipinski definition) is 0. The van der Waals surface area contributed by atoms with Crippen LogP contribution in [0, 0.1) is 6.92 Å². The number of epoxide rings is 1.